The van der Waals surface area contributed by atoms with E-state index in [-0.39, 0.29) is 30.5 Å². The summed E-state index contributed by atoms with van der Waals surface area (Å²) in [5.41, 5.74) is -5.24. The molecule has 4 aliphatic rings. The maximum atomic E-state index is 17.3. The lowest BCUT2D eigenvalue weighted by Gasteiger charge is -2.65. The molecule has 9 atom stereocenters. The van der Waals surface area contributed by atoms with Gasteiger partial charge in [0.1, 0.15) is 18.1 Å². The van der Waals surface area contributed by atoms with E-state index in [1.54, 1.807) is 6.92 Å². The number of carbonyl (C=O) groups is 3. The first-order chi connectivity index (χ1) is 14.9. The van der Waals surface area contributed by atoms with E-state index in [9.17, 15) is 24.6 Å². The van der Waals surface area contributed by atoms with Crippen LogP contribution in [0.3, 0.4) is 0 Å². The third-order valence-corrected chi connectivity index (χ3v) is 10.2. The molecule has 0 bridgehead atoms. The zero-order valence-electron chi connectivity index (χ0n) is 19.7. The van der Waals surface area contributed by atoms with Gasteiger partial charge in [-0.1, -0.05) is 27.7 Å². The van der Waals surface area contributed by atoms with Crippen molar-refractivity contribution in [3.8, 4) is 0 Å². The molecule has 0 saturated heterocycles. The van der Waals surface area contributed by atoms with E-state index in [0.717, 1.165) is 0 Å². The van der Waals surface area contributed by atoms with Gasteiger partial charge in [-0.15, -0.1) is 0 Å². The van der Waals surface area contributed by atoms with Crippen molar-refractivity contribution < 1.29 is 33.7 Å². The molecule has 0 heterocycles. The number of esters is 1. The second-order valence-corrected chi connectivity index (χ2v) is 11.3. The number of hydrogen-bond donors (Lipinski definition) is 2. The summed E-state index contributed by atoms with van der Waals surface area (Å²) in [4.78, 5) is 37.7. The first-order valence-corrected chi connectivity index (χ1v) is 12.2. The number of ether oxygens (including phenoxy) is 1. The Labute approximate surface area is 189 Å². The van der Waals surface area contributed by atoms with Crippen molar-refractivity contribution in [2.75, 3.05) is 6.61 Å². The van der Waals surface area contributed by atoms with Crippen LogP contribution in [0.1, 0.15) is 79.1 Å². The van der Waals surface area contributed by atoms with Crippen LogP contribution in [0, 0.1) is 34.5 Å². The highest BCUT2D eigenvalue weighted by molar-refractivity contribution is 5.92. The van der Waals surface area contributed by atoms with E-state index in [2.05, 4.69) is 0 Å². The van der Waals surface area contributed by atoms with Gasteiger partial charge in [0.15, 0.2) is 5.60 Å². The molecule has 0 aromatic heterocycles. The predicted molar refractivity (Wildman–Crippen MR) is 114 cm³/mol. The average Bonchev–Trinajstić information content (AvgIpc) is 2.96. The van der Waals surface area contributed by atoms with Gasteiger partial charge in [-0.3, -0.25) is 14.4 Å². The highest BCUT2D eigenvalue weighted by Gasteiger charge is 2.77. The van der Waals surface area contributed by atoms with E-state index in [4.69, 9.17) is 4.74 Å². The van der Waals surface area contributed by atoms with Gasteiger partial charge in [0.2, 0.25) is 5.78 Å². The normalized spacial score (nSPS) is 50.2. The Morgan fingerprint density at radius 2 is 1.88 bits per heavy atom. The van der Waals surface area contributed by atoms with E-state index in [1.165, 1.54) is 0 Å². The Morgan fingerprint density at radius 3 is 2.50 bits per heavy atom. The molecule has 7 heteroatoms. The first-order valence-electron chi connectivity index (χ1n) is 12.2. The van der Waals surface area contributed by atoms with Gasteiger partial charge in [0.05, 0.1) is 6.10 Å². The van der Waals surface area contributed by atoms with Crippen molar-refractivity contribution in [3.05, 3.63) is 0 Å². The summed E-state index contributed by atoms with van der Waals surface area (Å²) in [6, 6.07) is 0. The SMILES string of the molecule is CCC(=O)O[C@]1(C(=O)CO)[C@H](C)C[C@H]2[C@@H]3CC[C@@H]4CC(=O)CC[C@]4(C)[C@@]3(F)[C@@H](O)C[C@@]21C. The van der Waals surface area contributed by atoms with Crippen LogP contribution < -0.4 is 0 Å². The molecule has 0 aliphatic heterocycles. The Hall–Kier alpha value is -1.34. The van der Waals surface area contributed by atoms with Crippen LogP contribution in [0.15, 0.2) is 0 Å². The highest BCUT2D eigenvalue weighted by atomic mass is 19.1. The first kappa shape index (κ1) is 23.8. The molecular weight excluding hydrogens is 415 g/mol. The number of aliphatic hydroxyl groups excluding tert-OH is 2. The van der Waals surface area contributed by atoms with E-state index in [0.29, 0.717) is 38.5 Å². The van der Waals surface area contributed by atoms with Crippen LogP contribution in [-0.4, -0.2) is 51.7 Å². The molecule has 6 nitrogen and oxygen atoms in total. The lowest BCUT2D eigenvalue weighted by atomic mass is 9.42. The average molecular weight is 453 g/mol. The summed E-state index contributed by atoms with van der Waals surface area (Å²) in [6.45, 7) is 6.43. The Kier molecular flexibility index (Phi) is 5.65. The molecule has 32 heavy (non-hydrogen) atoms. The van der Waals surface area contributed by atoms with Gasteiger partial charge in [0.25, 0.3) is 0 Å². The summed E-state index contributed by atoms with van der Waals surface area (Å²) < 4.78 is 23.1. The summed E-state index contributed by atoms with van der Waals surface area (Å²) in [5.74, 6) is -2.21. The Morgan fingerprint density at radius 1 is 1.19 bits per heavy atom. The molecule has 4 aliphatic carbocycles. The number of carbonyl (C=O) groups excluding carboxylic acids is 3. The summed E-state index contributed by atoms with van der Waals surface area (Å²) in [6.07, 6.45) is 1.56. The summed E-state index contributed by atoms with van der Waals surface area (Å²) in [5, 5.41) is 21.3. The third-order valence-electron chi connectivity index (χ3n) is 10.2. The van der Waals surface area contributed by atoms with E-state index >= 15 is 4.39 Å². The van der Waals surface area contributed by atoms with Gasteiger partial charge in [0, 0.05) is 36.0 Å². The highest BCUT2D eigenvalue weighted by Crippen LogP contribution is 2.72. The van der Waals surface area contributed by atoms with Crippen LogP contribution in [0.5, 0.6) is 0 Å². The topological polar surface area (TPSA) is 101 Å². The fourth-order valence-electron chi connectivity index (χ4n) is 8.61. The summed E-state index contributed by atoms with van der Waals surface area (Å²) >= 11 is 0. The van der Waals surface area contributed by atoms with Crippen LogP contribution in [0.4, 0.5) is 4.39 Å². The van der Waals surface area contributed by atoms with Crippen LogP contribution in [-0.2, 0) is 19.1 Å². The minimum absolute atomic E-state index is 0.0198. The fourth-order valence-corrected chi connectivity index (χ4v) is 8.61. The molecule has 0 radical (unpaired) electrons. The Bertz CT molecular complexity index is 829. The van der Waals surface area contributed by atoms with Gasteiger partial charge >= 0.3 is 5.97 Å². The molecule has 0 spiro atoms. The van der Waals surface area contributed by atoms with E-state index in [1.807, 2.05) is 20.8 Å². The number of ketones is 2. The quantitative estimate of drug-likeness (QED) is 0.636. The minimum atomic E-state index is -1.87. The summed E-state index contributed by atoms with van der Waals surface area (Å²) in [7, 11) is 0. The van der Waals surface area contributed by atoms with Gasteiger partial charge in [-0.05, 0) is 49.9 Å². The number of rotatable bonds is 4. The molecule has 4 rings (SSSR count). The smallest absolute Gasteiger partial charge is 0.306 e. The third kappa shape index (κ3) is 2.73. The van der Waals surface area contributed by atoms with Crippen molar-refractivity contribution in [3.63, 3.8) is 0 Å². The number of aliphatic hydroxyl groups is 2. The second kappa shape index (κ2) is 7.59. The number of halogens is 1. The van der Waals surface area contributed by atoms with Gasteiger partial charge in [-0.2, -0.15) is 0 Å². The molecule has 180 valence electrons. The van der Waals surface area contributed by atoms with Crippen LogP contribution in [0.2, 0.25) is 0 Å². The number of Topliss-reactive ketones (excluding diaryl/α,β-unsaturated/α-hetero) is 2. The number of hydrogen-bond acceptors (Lipinski definition) is 6. The van der Waals surface area contributed by atoms with Crippen LogP contribution >= 0.6 is 0 Å². The van der Waals surface area contributed by atoms with Crippen LogP contribution in [0.25, 0.3) is 0 Å². The lowest BCUT2D eigenvalue weighted by molar-refractivity contribution is -0.257. The largest absolute Gasteiger partial charge is 0.450 e. The standard InChI is InChI=1S/C25H37FO6/c1-5-21(31)32-25(20(30)13-27)14(2)10-18-17-7-6-15-11-16(28)8-9-22(15,3)24(17,26)19(29)12-23(18,25)4/h14-15,17-19,27,29H,5-13H2,1-4H3/t14-,15-,17+,18+,19+,22+,23+,24+,25+/m1/s1. The molecule has 0 aromatic carbocycles. The molecule has 0 amide bonds. The van der Waals surface area contributed by atoms with Gasteiger partial charge < -0.3 is 14.9 Å². The monoisotopic (exact) mass is 452 g/mol. The molecule has 4 fully saturated rings. The van der Waals surface area contributed by atoms with Crippen molar-refractivity contribution in [2.45, 2.75) is 96.4 Å². The zero-order valence-corrected chi connectivity index (χ0v) is 19.7. The van der Waals surface area contributed by atoms with Crippen molar-refractivity contribution in [2.24, 2.45) is 34.5 Å². The number of fused-ring (bicyclic) bond motifs is 5. The predicted octanol–water partition coefficient (Wildman–Crippen LogP) is 3.16. The molecular formula is C25H37FO6. The minimum Gasteiger partial charge on any atom is -0.450 e. The molecule has 0 aromatic rings. The van der Waals surface area contributed by atoms with Gasteiger partial charge in [-0.25, -0.2) is 4.39 Å². The maximum absolute atomic E-state index is 17.3. The van der Waals surface area contributed by atoms with Crippen molar-refractivity contribution in [1.29, 1.82) is 0 Å². The molecule has 0 unspecified atom stereocenters. The zero-order chi connectivity index (χ0) is 23.7. The van der Waals surface area contributed by atoms with Crippen molar-refractivity contribution >= 4 is 17.5 Å². The molecule has 4 saturated carbocycles. The number of alkyl halides is 1. The van der Waals surface area contributed by atoms with E-state index < -0.39 is 58.4 Å². The second-order valence-electron chi connectivity index (χ2n) is 11.3. The fraction of sp³-hybridized carbons (Fsp3) is 0.880. The Balaban J connectivity index is 1.81. The van der Waals surface area contributed by atoms with Crippen molar-refractivity contribution in [1.82, 2.24) is 0 Å². The lowest BCUT2D eigenvalue weighted by Crippen LogP contribution is -2.71. The molecule has 2 N–H and O–H groups in total. The maximum Gasteiger partial charge on any atom is 0.306 e.